The van der Waals surface area contributed by atoms with Crippen LogP contribution in [0.5, 0.6) is 0 Å². The van der Waals surface area contributed by atoms with Gasteiger partial charge in [-0.05, 0) is 6.54 Å². The molecular formula is C4H13Cl2NO2. The summed E-state index contributed by atoms with van der Waals surface area (Å²) in [6.45, 7) is 2.94. The Morgan fingerprint density at radius 3 is 1.89 bits per heavy atom. The molecular weight excluding hydrogens is 165 g/mol. The van der Waals surface area contributed by atoms with E-state index in [2.05, 4.69) is 5.32 Å². The van der Waals surface area contributed by atoms with Crippen molar-refractivity contribution >= 4 is 24.8 Å². The normalized spacial score (nSPS) is 8.00. The zero-order valence-electron chi connectivity index (χ0n) is 5.20. The smallest absolute Gasteiger partial charge is 0.164 e. The molecule has 0 aromatic carbocycles. The molecule has 60 valence electrons. The summed E-state index contributed by atoms with van der Waals surface area (Å²) < 4.78 is 0. The van der Waals surface area contributed by atoms with Crippen LogP contribution in [0.15, 0.2) is 0 Å². The molecule has 0 atom stereocenters. The average molecular weight is 178 g/mol. The predicted molar refractivity (Wildman–Crippen MR) is 41.3 cm³/mol. The van der Waals surface area contributed by atoms with Crippen molar-refractivity contribution in [2.75, 3.05) is 13.1 Å². The van der Waals surface area contributed by atoms with Gasteiger partial charge in [0.15, 0.2) is 6.29 Å². The fourth-order valence-electron chi connectivity index (χ4n) is 0.273. The molecule has 0 saturated carbocycles. The lowest BCUT2D eigenvalue weighted by atomic mass is 10.6. The number of likely N-dealkylation sites (N-methyl/N-ethyl adjacent to an activating group) is 1. The van der Waals surface area contributed by atoms with Crippen LogP contribution >= 0.6 is 24.8 Å². The zero-order chi connectivity index (χ0) is 5.70. The molecule has 3 N–H and O–H groups in total. The van der Waals surface area contributed by atoms with Gasteiger partial charge < -0.3 is 15.5 Å². The SMILES string of the molecule is CCNCC(O)O.Cl.Cl. The van der Waals surface area contributed by atoms with Crippen molar-refractivity contribution in [3.63, 3.8) is 0 Å². The van der Waals surface area contributed by atoms with Crippen molar-refractivity contribution in [3.05, 3.63) is 0 Å². The molecule has 0 aliphatic heterocycles. The Bertz CT molecular complexity index is 45.5. The molecule has 0 fully saturated rings. The maximum absolute atomic E-state index is 8.18. The lowest BCUT2D eigenvalue weighted by Gasteiger charge is -2.00. The molecule has 0 rings (SSSR count). The van der Waals surface area contributed by atoms with Crippen LogP contribution in [0.1, 0.15) is 6.92 Å². The molecule has 0 unspecified atom stereocenters. The van der Waals surface area contributed by atoms with Gasteiger partial charge in [0.25, 0.3) is 0 Å². The van der Waals surface area contributed by atoms with Gasteiger partial charge in [-0.25, -0.2) is 0 Å². The maximum atomic E-state index is 8.18. The molecule has 3 nitrogen and oxygen atoms in total. The van der Waals surface area contributed by atoms with E-state index in [0.717, 1.165) is 6.54 Å². The fraction of sp³-hybridized carbons (Fsp3) is 1.00. The number of aliphatic hydroxyl groups is 2. The molecule has 0 saturated heterocycles. The molecule has 0 radical (unpaired) electrons. The number of aliphatic hydroxyl groups excluding tert-OH is 1. The highest BCUT2D eigenvalue weighted by Crippen LogP contribution is 1.66. The summed E-state index contributed by atoms with van der Waals surface area (Å²) in [4.78, 5) is 0. The van der Waals surface area contributed by atoms with Crippen LogP contribution in [0.25, 0.3) is 0 Å². The van der Waals surface area contributed by atoms with Gasteiger partial charge in [0.1, 0.15) is 0 Å². The van der Waals surface area contributed by atoms with Crippen molar-refractivity contribution < 1.29 is 10.2 Å². The van der Waals surface area contributed by atoms with Crippen LogP contribution in [-0.4, -0.2) is 29.6 Å². The Labute approximate surface area is 67.3 Å². The standard InChI is InChI=1S/C4H11NO2.2ClH/c1-2-5-3-4(6)7;;/h4-7H,2-3H2,1H3;2*1H. The number of rotatable bonds is 3. The largest absolute Gasteiger partial charge is 0.367 e. The number of hydrogen-bond acceptors (Lipinski definition) is 3. The Morgan fingerprint density at radius 2 is 1.78 bits per heavy atom. The van der Waals surface area contributed by atoms with Crippen LogP contribution < -0.4 is 5.32 Å². The van der Waals surface area contributed by atoms with Crippen LogP contribution in [-0.2, 0) is 0 Å². The van der Waals surface area contributed by atoms with E-state index in [1.807, 2.05) is 6.92 Å². The van der Waals surface area contributed by atoms with Crippen molar-refractivity contribution in [3.8, 4) is 0 Å². The molecule has 0 aliphatic carbocycles. The molecule has 0 heterocycles. The first-order valence-electron chi connectivity index (χ1n) is 2.34. The van der Waals surface area contributed by atoms with Crippen molar-refractivity contribution in [2.45, 2.75) is 13.2 Å². The van der Waals surface area contributed by atoms with E-state index < -0.39 is 6.29 Å². The molecule has 9 heavy (non-hydrogen) atoms. The molecule has 0 amide bonds. The zero-order valence-corrected chi connectivity index (χ0v) is 6.84. The van der Waals surface area contributed by atoms with Gasteiger partial charge in [0.05, 0.1) is 0 Å². The number of hydrogen-bond donors (Lipinski definition) is 3. The lowest BCUT2D eigenvalue weighted by molar-refractivity contribution is -0.0368. The molecule has 0 bridgehead atoms. The first kappa shape index (κ1) is 16.2. The van der Waals surface area contributed by atoms with E-state index in [4.69, 9.17) is 10.2 Å². The van der Waals surface area contributed by atoms with E-state index in [-0.39, 0.29) is 31.4 Å². The third-order valence-electron chi connectivity index (χ3n) is 0.577. The summed E-state index contributed by atoms with van der Waals surface area (Å²) in [5.74, 6) is 0. The van der Waals surface area contributed by atoms with Crippen LogP contribution in [0.4, 0.5) is 0 Å². The van der Waals surface area contributed by atoms with Gasteiger partial charge >= 0.3 is 0 Å². The minimum Gasteiger partial charge on any atom is -0.367 e. The number of nitrogens with one attached hydrogen (secondary N) is 1. The third-order valence-corrected chi connectivity index (χ3v) is 0.577. The van der Waals surface area contributed by atoms with E-state index in [1.165, 1.54) is 0 Å². The van der Waals surface area contributed by atoms with Gasteiger partial charge in [-0.2, -0.15) is 0 Å². The van der Waals surface area contributed by atoms with Gasteiger partial charge in [0, 0.05) is 6.54 Å². The Hall–Kier alpha value is 0.460. The van der Waals surface area contributed by atoms with Crippen LogP contribution in [0.2, 0.25) is 0 Å². The fourth-order valence-corrected chi connectivity index (χ4v) is 0.273. The molecule has 0 aliphatic rings. The third kappa shape index (κ3) is 17.7. The van der Waals surface area contributed by atoms with Gasteiger partial charge in [-0.3, -0.25) is 0 Å². The van der Waals surface area contributed by atoms with Crippen molar-refractivity contribution in [1.29, 1.82) is 0 Å². The Kier molecular flexibility index (Phi) is 20.3. The topological polar surface area (TPSA) is 52.5 Å². The molecule has 0 aromatic rings. The van der Waals surface area contributed by atoms with E-state index in [0.29, 0.717) is 0 Å². The van der Waals surface area contributed by atoms with Crippen molar-refractivity contribution in [2.24, 2.45) is 0 Å². The minimum atomic E-state index is -1.21. The lowest BCUT2D eigenvalue weighted by Crippen LogP contribution is -2.25. The van der Waals surface area contributed by atoms with Crippen molar-refractivity contribution in [1.82, 2.24) is 5.32 Å². The summed E-state index contributed by atoms with van der Waals surface area (Å²) in [5.41, 5.74) is 0. The second-order valence-corrected chi connectivity index (χ2v) is 1.29. The molecule has 0 aromatic heterocycles. The van der Waals surface area contributed by atoms with Crippen LogP contribution in [0, 0.1) is 0 Å². The highest BCUT2D eigenvalue weighted by atomic mass is 35.5. The minimum absolute atomic E-state index is 0. The second-order valence-electron chi connectivity index (χ2n) is 1.29. The van der Waals surface area contributed by atoms with Crippen LogP contribution in [0.3, 0.4) is 0 Å². The van der Waals surface area contributed by atoms with Gasteiger partial charge in [0.2, 0.25) is 0 Å². The summed E-state index contributed by atoms with van der Waals surface area (Å²) in [6, 6.07) is 0. The quantitative estimate of drug-likeness (QED) is 0.522. The molecule has 5 heteroatoms. The Balaban J connectivity index is -0.000000180. The van der Waals surface area contributed by atoms with E-state index in [1.54, 1.807) is 0 Å². The maximum Gasteiger partial charge on any atom is 0.164 e. The second kappa shape index (κ2) is 11.3. The van der Waals surface area contributed by atoms with Gasteiger partial charge in [-0.15, -0.1) is 24.8 Å². The van der Waals surface area contributed by atoms with Gasteiger partial charge in [-0.1, -0.05) is 6.92 Å². The predicted octanol–water partition coefficient (Wildman–Crippen LogP) is -0.250. The monoisotopic (exact) mass is 177 g/mol. The van der Waals surface area contributed by atoms with E-state index in [9.17, 15) is 0 Å². The first-order valence-corrected chi connectivity index (χ1v) is 2.34. The molecule has 0 spiro atoms. The average Bonchev–Trinajstić information content (AvgIpc) is 1.61. The summed E-state index contributed by atoms with van der Waals surface area (Å²) in [6.07, 6.45) is -1.21. The number of halogens is 2. The highest BCUT2D eigenvalue weighted by Gasteiger charge is 1.90. The summed E-state index contributed by atoms with van der Waals surface area (Å²) >= 11 is 0. The highest BCUT2D eigenvalue weighted by molar-refractivity contribution is 5.85. The Morgan fingerprint density at radius 1 is 1.33 bits per heavy atom. The van der Waals surface area contributed by atoms with E-state index >= 15 is 0 Å². The summed E-state index contributed by atoms with van der Waals surface area (Å²) in [5, 5.41) is 19.1. The summed E-state index contributed by atoms with van der Waals surface area (Å²) in [7, 11) is 0. The first-order chi connectivity index (χ1) is 3.27.